The fourth-order valence-electron chi connectivity index (χ4n) is 2.33. The van der Waals surface area contributed by atoms with Gasteiger partial charge in [0.05, 0.1) is 25.5 Å². The van der Waals surface area contributed by atoms with Gasteiger partial charge in [-0.1, -0.05) is 6.07 Å². The van der Waals surface area contributed by atoms with Gasteiger partial charge in [-0.05, 0) is 36.4 Å². The SMILES string of the molecule is COc1ccc(-c2nc(COC(=O)c3cccc(O)c3)cs2)cc1OC. The van der Waals surface area contributed by atoms with Gasteiger partial charge in [-0.2, -0.15) is 0 Å². The van der Waals surface area contributed by atoms with Crippen molar-refractivity contribution in [3.8, 4) is 27.8 Å². The van der Waals surface area contributed by atoms with Crippen LogP contribution in [0.4, 0.5) is 0 Å². The molecule has 0 spiro atoms. The average molecular weight is 371 g/mol. The van der Waals surface area contributed by atoms with Crippen LogP contribution < -0.4 is 9.47 Å². The molecule has 0 aliphatic carbocycles. The highest BCUT2D eigenvalue weighted by Gasteiger charge is 2.12. The van der Waals surface area contributed by atoms with E-state index in [1.807, 2.05) is 23.6 Å². The monoisotopic (exact) mass is 371 g/mol. The van der Waals surface area contributed by atoms with Crippen LogP contribution in [0.3, 0.4) is 0 Å². The van der Waals surface area contributed by atoms with Crippen LogP contribution in [-0.2, 0) is 11.3 Å². The van der Waals surface area contributed by atoms with Crippen LogP contribution in [0.2, 0.25) is 0 Å². The lowest BCUT2D eigenvalue weighted by atomic mass is 10.2. The van der Waals surface area contributed by atoms with E-state index in [0.717, 1.165) is 10.6 Å². The Morgan fingerprint density at radius 2 is 1.92 bits per heavy atom. The van der Waals surface area contributed by atoms with E-state index in [9.17, 15) is 9.90 Å². The van der Waals surface area contributed by atoms with Crippen molar-refractivity contribution in [3.63, 3.8) is 0 Å². The van der Waals surface area contributed by atoms with Gasteiger partial charge in [0.15, 0.2) is 11.5 Å². The predicted octanol–water partition coefficient (Wildman–Crippen LogP) is 3.89. The summed E-state index contributed by atoms with van der Waals surface area (Å²) >= 11 is 1.45. The Labute approximate surface area is 154 Å². The van der Waals surface area contributed by atoms with Crippen molar-refractivity contribution >= 4 is 17.3 Å². The Balaban J connectivity index is 1.69. The molecule has 0 unspecified atom stereocenters. The van der Waals surface area contributed by atoms with E-state index in [1.165, 1.54) is 23.5 Å². The zero-order chi connectivity index (χ0) is 18.5. The Kier molecular flexibility index (Phi) is 5.38. The van der Waals surface area contributed by atoms with Crippen LogP contribution in [0.15, 0.2) is 47.8 Å². The zero-order valence-electron chi connectivity index (χ0n) is 14.3. The molecule has 0 saturated carbocycles. The molecule has 1 N–H and O–H groups in total. The average Bonchev–Trinajstić information content (AvgIpc) is 3.14. The molecule has 0 aliphatic rings. The normalized spacial score (nSPS) is 10.4. The van der Waals surface area contributed by atoms with Gasteiger partial charge in [0.25, 0.3) is 0 Å². The molecule has 134 valence electrons. The number of methoxy groups -OCH3 is 2. The van der Waals surface area contributed by atoms with Crippen molar-refractivity contribution in [3.05, 3.63) is 59.1 Å². The maximum Gasteiger partial charge on any atom is 0.338 e. The zero-order valence-corrected chi connectivity index (χ0v) is 15.1. The minimum Gasteiger partial charge on any atom is -0.508 e. The quantitative estimate of drug-likeness (QED) is 0.663. The van der Waals surface area contributed by atoms with Gasteiger partial charge in [0.2, 0.25) is 0 Å². The number of ether oxygens (including phenoxy) is 3. The van der Waals surface area contributed by atoms with Crippen molar-refractivity contribution < 1.29 is 24.1 Å². The van der Waals surface area contributed by atoms with Crippen LogP contribution >= 0.6 is 11.3 Å². The van der Waals surface area contributed by atoms with Gasteiger partial charge in [-0.3, -0.25) is 0 Å². The summed E-state index contributed by atoms with van der Waals surface area (Å²) in [5, 5.41) is 12.0. The number of carbonyl (C=O) groups is 1. The number of phenolic OH excluding ortho intramolecular Hbond substituents is 1. The van der Waals surface area contributed by atoms with E-state index < -0.39 is 5.97 Å². The molecule has 0 aliphatic heterocycles. The molecule has 2 aromatic carbocycles. The largest absolute Gasteiger partial charge is 0.508 e. The summed E-state index contributed by atoms with van der Waals surface area (Å²) in [6.07, 6.45) is 0. The minimum absolute atomic E-state index is 0.0175. The van der Waals surface area contributed by atoms with Crippen LogP contribution in [0, 0.1) is 0 Å². The Morgan fingerprint density at radius 1 is 1.12 bits per heavy atom. The molecule has 1 aromatic heterocycles. The fraction of sp³-hybridized carbons (Fsp3) is 0.158. The number of phenols is 1. The lowest BCUT2D eigenvalue weighted by Gasteiger charge is -2.08. The molecule has 0 amide bonds. The number of hydrogen-bond acceptors (Lipinski definition) is 7. The lowest BCUT2D eigenvalue weighted by molar-refractivity contribution is 0.0468. The van der Waals surface area contributed by atoms with Crippen molar-refractivity contribution in [2.24, 2.45) is 0 Å². The molecule has 3 aromatic rings. The summed E-state index contributed by atoms with van der Waals surface area (Å²) in [6.45, 7) is 0.0538. The summed E-state index contributed by atoms with van der Waals surface area (Å²) in [7, 11) is 3.16. The number of benzene rings is 2. The first-order valence-electron chi connectivity index (χ1n) is 7.73. The third kappa shape index (κ3) is 3.94. The highest BCUT2D eigenvalue weighted by Crippen LogP contribution is 2.33. The standard InChI is InChI=1S/C19H17NO5S/c1-23-16-7-6-12(9-17(16)24-2)18-20-14(11-26-18)10-25-19(22)13-4-3-5-15(21)8-13/h3-9,11,21H,10H2,1-2H3. The molecule has 7 heteroatoms. The van der Waals surface area contributed by atoms with E-state index in [2.05, 4.69) is 4.98 Å². The number of aromatic hydroxyl groups is 1. The summed E-state index contributed by atoms with van der Waals surface area (Å²) < 4.78 is 15.8. The Morgan fingerprint density at radius 3 is 2.65 bits per heavy atom. The van der Waals surface area contributed by atoms with E-state index in [-0.39, 0.29) is 12.4 Å². The maximum absolute atomic E-state index is 12.0. The molecule has 6 nitrogen and oxygen atoms in total. The highest BCUT2D eigenvalue weighted by atomic mass is 32.1. The molecule has 0 fully saturated rings. The minimum atomic E-state index is -0.512. The summed E-state index contributed by atoms with van der Waals surface area (Å²) in [5.74, 6) is 0.774. The van der Waals surface area contributed by atoms with Crippen molar-refractivity contribution in [1.82, 2.24) is 4.98 Å². The molecule has 3 rings (SSSR count). The van der Waals surface area contributed by atoms with Gasteiger partial charge in [0.1, 0.15) is 17.4 Å². The number of carbonyl (C=O) groups excluding carboxylic acids is 1. The molecule has 0 saturated heterocycles. The van der Waals surface area contributed by atoms with Crippen LogP contribution in [-0.4, -0.2) is 30.3 Å². The molecule has 0 atom stereocenters. The van der Waals surface area contributed by atoms with Crippen LogP contribution in [0.1, 0.15) is 16.1 Å². The summed E-state index contributed by atoms with van der Waals surface area (Å²) in [6, 6.07) is 11.6. The van der Waals surface area contributed by atoms with Crippen molar-refractivity contribution in [2.45, 2.75) is 6.61 Å². The topological polar surface area (TPSA) is 77.9 Å². The number of rotatable bonds is 6. The Hall–Kier alpha value is -3.06. The molecule has 0 bridgehead atoms. The van der Waals surface area contributed by atoms with E-state index in [4.69, 9.17) is 14.2 Å². The van der Waals surface area contributed by atoms with E-state index >= 15 is 0 Å². The first kappa shape index (κ1) is 17.8. The van der Waals surface area contributed by atoms with Gasteiger partial charge in [-0.15, -0.1) is 11.3 Å². The van der Waals surface area contributed by atoms with Crippen LogP contribution in [0.5, 0.6) is 17.2 Å². The highest BCUT2D eigenvalue weighted by molar-refractivity contribution is 7.13. The van der Waals surface area contributed by atoms with Crippen molar-refractivity contribution in [2.75, 3.05) is 14.2 Å². The number of thiazole rings is 1. The molecular weight excluding hydrogens is 354 g/mol. The second-order valence-electron chi connectivity index (χ2n) is 5.34. The third-order valence-electron chi connectivity index (χ3n) is 3.62. The van der Waals surface area contributed by atoms with Crippen molar-refractivity contribution in [1.29, 1.82) is 0 Å². The van der Waals surface area contributed by atoms with Gasteiger partial charge in [-0.25, -0.2) is 9.78 Å². The number of hydrogen-bond donors (Lipinski definition) is 1. The predicted molar refractivity (Wildman–Crippen MR) is 97.9 cm³/mol. The Bertz CT molecular complexity index is 922. The van der Waals surface area contributed by atoms with Gasteiger partial charge in [0, 0.05) is 10.9 Å². The van der Waals surface area contributed by atoms with Crippen LogP contribution in [0.25, 0.3) is 10.6 Å². The van der Waals surface area contributed by atoms with E-state index in [0.29, 0.717) is 22.8 Å². The number of nitrogens with zero attached hydrogens (tertiary/aromatic N) is 1. The van der Waals surface area contributed by atoms with E-state index in [1.54, 1.807) is 26.4 Å². The molecular formula is C19H17NO5S. The summed E-state index contributed by atoms with van der Waals surface area (Å²) in [4.78, 5) is 16.5. The smallest absolute Gasteiger partial charge is 0.338 e. The summed E-state index contributed by atoms with van der Waals surface area (Å²) in [5.41, 5.74) is 1.83. The maximum atomic E-state index is 12.0. The first-order chi connectivity index (χ1) is 12.6. The first-order valence-corrected chi connectivity index (χ1v) is 8.61. The van der Waals surface area contributed by atoms with Gasteiger partial charge < -0.3 is 19.3 Å². The third-order valence-corrected chi connectivity index (χ3v) is 4.56. The second-order valence-corrected chi connectivity index (χ2v) is 6.20. The lowest BCUT2D eigenvalue weighted by Crippen LogP contribution is -2.05. The molecule has 26 heavy (non-hydrogen) atoms. The second kappa shape index (κ2) is 7.88. The number of esters is 1. The molecule has 0 radical (unpaired) electrons. The van der Waals surface area contributed by atoms with Gasteiger partial charge >= 0.3 is 5.97 Å². The number of aromatic nitrogens is 1. The fourth-order valence-corrected chi connectivity index (χ4v) is 3.13. The molecule has 1 heterocycles.